The van der Waals surface area contributed by atoms with Gasteiger partial charge < -0.3 is 19.7 Å². The van der Waals surface area contributed by atoms with Crippen LogP contribution in [0.25, 0.3) is 0 Å². The first-order valence-electron chi connectivity index (χ1n) is 8.48. The number of urea groups is 1. The highest BCUT2D eigenvalue weighted by Gasteiger charge is 2.32. The summed E-state index contributed by atoms with van der Waals surface area (Å²) >= 11 is 0. The molecule has 1 aliphatic heterocycles. The molecule has 0 saturated carbocycles. The number of anilines is 1. The predicted octanol–water partition coefficient (Wildman–Crippen LogP) is 3.29. The highest BCUT2D eigenvalue weighted by molar-refractivity contribution is 5.90. The monoisotopic (exact) mass is 344 g/mol. The Labute approximate surface area is 147 Å². The molecule has 1 saturated heterocycles. The standard InChI is InChI=1S/C18H24N4O3/c1-4-22-17(7-8-19-22)16-6-5-9-21(16)18(23)20-13-10-14(24-2)12-15(11-13)25-3/h7-8,10-12,16H,4-6,9H2,1-3H3,(H,20,23)/t16-/m1/s1. The molecule has 1 fully saturated rings. The van der Waals surface area contributed by atoms with Gasteiger partial charge in [-0.1, -0.05) is 0 Å². The van der Waals surface area contributed by atoms with Crippen molar-refractivity contribution in [2.75, 3.05) is 26.1 Å². The van der Waals surface area contributed by atoms with Crippen LogP contribution in [0.15, 0.2) is 30.5 Å². The average Bonchev–Trinajstić information content (AvgIpc) is 3.29. The minimum Gasteiger partial charge on any atom is -0.497 e. The predicted molar refractivity (Wildman–Crippen MR) is 95.1 cm³/mol. The summed E-state index contributed by atoms with van der Waals surface area (Å²) < 4.78 is 12.5. The van der Waals surface area contributed by atoms with Crippen LogP contribution in [0.5, 0.6) is 11.5 Å². The van der Waals surface area contributed by atoms with E-state index in [4.69, 9.17) is 9.47 Å². The number of rotatable bonds is 5. The Morgan fingerprint density at radius 3 is 2.64 bits per heavy atom. The number of amides is 2. The van der Waals surface area contributed by atoms with Crippen molar-refractivity contribution in [3.8, 4) is 11.5 Å². The molecule has 25 heavy (non-hydrogen) atoms. The molecule has 0 unspecified atom stereocenters. The molecule has 0 radical (unpaired) electrons. The molecular formula is C18H24N4O3. The van der Waals surface area contributed by atoms with E-state index in [1.165, 1.54) is 0 Å². The number of aromatic nitrogens is 2. The summed E-state index contributed by atoms with van der Waals surface area (Å²) in [6.45, 7) is 3.58. The second kappa shape index (κ2) is 7.46. The summed E-state index contributed by atoms with van der Waals surface area (Å²) in [5, 5.41) is 7.29. The van der Waals surface area contributed by atoms with Crippen molar-refractivity contribution >= 4 is 11.7 Å². The zero-order valence-electron chi connectivity index (χ0n) is 14.9. The smallest absolute Gasteiger partial charge is 0.322 e. The maximum atomic E-state index is 12.8. The highest BCUT2D eigenvalue weighted by Crippen LogP contribution is 2.33. The molecule has 1 aromatic carbocycles. The van der Waals surface area contributed by atoms with Crippen molar-refractivity contribution in [2.45, 2.75) is 32.4 Å². The first-order valence-corrected chi connectivity index (χ1v) is 8.48. The van der Waals surface area contributed by atoms with Gasteiger partial charge in [-0.25, -0.2) is 4.79 Å². The van der Waals surface area contributed by atoms with Crippen molar-refractivity contribution in [1.82, 2.24) is 14.7 Å². The van der Waals surface area contributed by atoms with Crippen LogP contribution in [-0.2, 0) is 6.54 Å². The normalized spacial score (nSPS) is 16.8. The minimum absolute atomic E-state index is 0.0509. The van der Waals surface area contributed by atoms with Crippen molar-refractivity contribution in [1.29, 1.82) is 0 Å². The summed E-state index contributed by atoms with van der Waals surface area (Å²) in [7, 11) is 3.17. The number of benzene rings is 1. The number of hydrogen-bond acceptors (Lipinski definition) is 4. The lowest BCUT2D eigenvalue weighted by Crippen LogP contribution is -2.35. The summed E-state index contributed by atoms with van der Waals surface area (Å²) in [4.78, 5) is 14.7. The molecule has 1 atom stereocenters. The van der Waals surface area contributed by atoms with Crippen LogP contribution in [-0.4, -0.2) is 41.5 Å². The molecular weight excluding hydrogens is 320 g/mol. The van der Waals surface area contributed by atoms with E-state index in [-0.39, 0.29) is 12.1 Å². The zero-order chi connectivity index (χ0) is 17.8. The Bertz CT molecular complexity index is 721. The molecule has 0 spiro atoms. The van der Waals surface area contributed by atoms with Gasteiger partial charge in [-0.05, 0) is 25.8 Å². The van der Waals surface area contributed by atoms with Crippen LogP contribution in [0, 0.1) is 0 Å². The topological polar surface area (TPSA) is 68.6 Å². The molecule has 3 rings (SSSR count). The molecule has 7 nitrogen and oxygen atoms in total. The molecule has 2 aromatic rings. The second-order valence-corrected chi connectivity index (χ2v) is 5.95. The van der Waals surface area contributed by atoms with Gasteiger partial charge in [0.05, 0.1) is 26.0 Å². The molecule has 0 aliphatic carbocycles. The van der Waals surface area contributed by atoms with Crippen molar-refractivity contribution in [3.63, 3.8) is 0 Å². The van der Waals surface area contributed by atoms with Crippen LogP contribution in [0.2, 0.25) is 0 Å². The fourth-order valence-corrected chi connectivity index (χ4v) is 3.28. The van der Waals surface area contributed by atoms with Gasteiger partial charge in [-0.15, -0.1) is 0 Å². The fourth-order valence-electron chi connectivity index (χ4n) is 3.28. The zero-order valence-corrected chi connectivity index (χ0v) is 14.9. The third-order valence-electron chi connectivity index (χ3n) is 4.51. The number of nitrogens with one attached hydrogen (secondary N) is 1. The van der Waals surface area contributed by atoms with E-state index < -0.39 is 0 Å². The lowest BCUT2D eigenvalue weighted by molar-refractivity contribution is 0.204. The molecule has 2 heterocycles. The van der Waals surface area contributed by atoms with Crippen LogP contribution in [0.1, 0.15) is 31.5 Å². The van der Waals surface area contributed by atoms with E-state index >= 15 is 0 Å². The van der Waals surface area contributed by atoms with E-state index in [1.54, 1.807) is 38.6 Å². The van der Waals surface area contributed by atoms with Gasteiger partial charge in [-0.3, -0.25) is 4.68 Å². The SMILES string of the molecule is CCn1nccc1[C@H]1CCCN1C(=O)Nc1cc(OC)cc(OC)c1. The fraction of sp³-hybridized carbons (Fsp3) is 0.444. The maximum absolute atomic E-state index is 12.8. The first-order chi connectivity index (χ1) is 12.2. The number of likely N-dealkylation sites (tertiary alicyclic amines) is 1. The number of carbonyl (C=O) groups excluding carboxylic acids is 1. The van der Waals surface area contributed by atoms with E-state index in [2.05, 4.69) is 17.3 Å². The van der Waals surface area contributed by atoms with Gasteiger partial charge in [0.1, 0.15) is 11.5 Å². The van der Waals surface area contributed by atoms with E-state index in [0.717, 1.165) is 31.6 Å². The number of ether oxygens (including phenoxy) is 2. The minimum atomic E-state index is -0.123. The van der Waals surface area contributed by atoms with Crippen molar-refractivity contribution in [2.24, 2.45) is 0 Å². The van der Waals surface area contributed by atoms with Crippen LogP contribution < -0.4 is 14.8 Å². The quantitative estimate of drug-likeness (QED) is 0.904. The molecule has 2 amide bonds. The van der Waals surface area contributed by atoms with E-state index in [9.17, 15) is 4.79 Å². The summed E-state index contributed by atoms with van der Waals surface area (Å²) in [6.07, 6.45) is 3.72. The lowest BCUT2D eigenvalue weighted by Gasteiger charge is -2.25. The number of hydrogen-bond donors (Lipinski definition) is 1. The first kappa shape index (κ1) is 17.1. The number of carbonyl (C=O) groups is 1. The third kappa shape index (κ3) is 3.55. The Hall–Kier alpha value is -2.70. The second-order valence-electron chi connectivity index (χ2n) is 5.95. The highest BCUT2D eigenvalue weighted by atomic mass is 16.5. The number of nitrogens with zero attached hydrogens (tertiary/aromatic N) is 3. The Kier molecular flexibility index (Phi) is 5.11. The van der Waals surface area contributed by atoms with Crippen LogP contribution >= 0.6 is 0 Å². The molecule has 1 aliphatic rings. The van der Waals surface area contributed by atoms with Gasteiger partial charge in [0.15, 0.2) is 0 Å². The Morgan fingerprint density at radius 1 is 1.28 bits per heavy atom. The van der Waals surface area contributed by atoms with Crippen molar-refractivity contribution < 1.29 is 14.3 Å². The van der Waals surface area contributed by atoms with Gasteiger partial charge in [0, 0.05) is 43.2 Å². The van der Waals surface area contributed by atoms with Gasteiger partial charge in [-0.2, -0.15) is 5.10 Å². The van der Waals surface area contributed by atoms with Crippen molar-refractivity contribution in [3.05, 3.63) is 36.2 Å². The number of methoxy groups -OCH3 is 2. The van der Waals surface area contributed by atoms with Gasteiger partial charge >= 0.3 is 6.03 Å². The Balaban J connectivity index is 1.78. The Morgan fingerprint density at radius 2 is 2.00 bits per heavy atom. The van der Waals surface area contributed by atoms with Gasteiger partial charge in [0.2, 0.25) is 0 Å². The summed E-state index contributed by atoms with van der Waals surface area (Å²) in [5.41, 5.74) is 1.73. The van der Waals surface area contributed by atoms with Gasteiger partial charge in [0.25, 0.3) is 0 Å². The summed E-state index contributed by atoms with van der Waals surface area (Å²) in [5.74, 6) is 1.27. The molecule has 7 heteroatoms. The molecule has 1 N–H and O–H groups in total. The van der Waals surface area contributed by atoms with Crippen LogP contribution in [0.3, 0.4) is 0 Å². The number of aryl methyl sites for hydroxylation is 1. The molecule has 1 aromatic heterocycles. The average molecular weight is 344 g/mol. The lowest BCUT2D eigenvalue weighted by atomic mass is 10.1. The molecule has 0 bridgehead atoms. The summed E-state index contributed by atoms with van der Waals surface area (Å²) in [6, 6.07) is 7.25. The van der Waals surface area contributed by atoms with Crippen LogP contribution in [0.4, 0.5) is 10.5 Å². The van der Waals surface area contributed by atoms with E-state index in [0.29, 0.717) is 17.2 Å². The van der Waals surface area contributed by atoms with E-state index in [1.807, 2.05) is 15.6 Å². The maximum Gasteiger partial charge on any atom is 0.322 e. The largest absolute Gasteiger partial charge is 0.497 e. The third-order valence-corrected chi connectivity index (χ3v) is 4.51. The molecule has 134 valence electrons.